The Hall–Kier alpha value is -3.88. The molecule has 3 rings (SSSR count). The predicted octanol–water partition coefficient (Wildman–Crippen LogP) is 2.39. The molecule has 0 saturated carbocycles. The zero-order chi connectivity index (χ0) is 22.2. The van der Waals surface area contributed by atoms with E-state index in [1.807, 2.05) is 0 Å². The summed E-state index contributed by atoms with van der Waals surface area (Å²) in [7, 11) is 1.53. The molecule has 1 amide bonds. The van der Waals surface area contributed by atoms with Crippen LogP contribution in [0.1, 0.15) is 56.0 Å². The van der Waals surface area contributed by atoms with Crippen LogP contribution in [-0.4, -0.2) is 53.0 Å². The van der Waals surface area contributed by atoms with Gasteiger partial charge in [-0.3, -0.25) is 24.5 Å². The van der Waals surface area contributed by atoms with Crippen molar-refractivity contribution in [1.82, 2.24) is 4.90 Å². The van der Waals surface area contributed by atoms with Crippen LogP contribution in [-0.2, 0) is 9.53 Å². The Bertz CT molecular complexity index is 1100. The zero-order valence-corrected chi connectivity index (χ0v) is 16.5. The number of carbonyl (C=O) groups excluding carboxylic acids is 4. The fourth-order valence-electron chi connectivity index (χ4n) is 3.12. The van der Waals surface area contributed by atoms with Gasteiger partial charge in [0.1, 0.15) is 11.1 Å². The first-order valence-corrected chi connectivity index (χ1v) is 9.07. The average Bonchev–Trinajstić information content (AvgIpc) is 2.73. The quantitative estimate of drug-likeness (QED) is 0.359. The Morgan fingerprint density at radius 1 is 1.03 bits per heavy atom. The molecule has 2 aromatic carbocycles. The van der Waals surface area contributed by atoms with E-state index in [1.54, 1.807) is 19.9 Å². The number of hydrogen-bond acceptors (Lipinski definition) is 7. The molecule has 1 aliphatic rings. The number of ether oxygens (including phenoxy) is 1. The molecule has 0 N–H and O–H groups in total. The average molecular weight is 410 g/mol. The predicted molar refractivity (Wildman–Crippen MR) is 105 cm³/mol. The van der Waals surface area contributed by atoms with Crippen molar-refractivity contribution in [2.75, 3.05) is 13.7 Å². The van der Waals surface area contributed by atoms with Gasteiger partial charge in [0.2, 0.25) is 5.78 Å². The van der Waals surface area contributed by atoms with Crippen LogP contribution >= 0.6 is 0 Å². The molecule has 0 bridgehead atoms. The Morgan fingerprint density at radius 2 is 1.63 bits per heavy atom. The molecule has 0 atom stereocenters. The summed E-state index contributed by atoms with van der Waals surface area (Å²) in [5.74, 6) is -2.89. The number of hydrogen-bond donors (Lipinski definition) is 0. The summed E-state index contributed by atoms with van der Waals surface area (Å²) in [6, 6.07) is 8.11. The molecule has 2 aromatic rings. The smallest absolute Gasteiger partial charge is 0.345 e. The Balaban J connectivity index is 2.02. The lowest BCUT2D eigenvalue weighted by atomic mass is 9.82. The summed E-state index contributed by atoms with van der Waals surface area (Å²) in [5, 5.41) is 11.8. The third-order valence-electron chi connectivity index (χ3n) is 4.96. The van der Waals surface area contributed by atoms with Crippen LogP contribution in [0.2, 0.25) is 0 Å². The highest BCUT2D eigenvalue weighted by atomic mass is 16.6. The van der Waals surface area contributed by atoms with E-state index < -0.39 is 51.8 Å². The van der Waals surface area contributed by atoms with E-state index in [0.717, 1.165) is 6.07 Å². The number of benzene rings is 2. The van der Waals surface area contributed by atoms with Gasteiger partial charge in [-0.25, -0.2) is 4.79 Å². The minimum absolute atomic E-state index is 0.0253. The topological polar surface area (TPSA) is 124 Å². The third kappa shape index (κ3) is 3.45. The second-order valence-electron chi connectivity index (χ2n) is 7.02. The van der Waals surface area contributed by atoms with Gasteiger partial charge in [0, 0.05) is 29.8 Å². The molecule has 9 nitrogen and oxygen atoms in total. The highest BCUT2D eigenvalue weighted by Crippen LogP contribution is 2.35. The van der Waals surface area contributed by atoms with E-state index in [1.165, 1.54) is 36.2 Å². The van der Waals surface area contributed by atoms with Gasteiger partial charge in [-0.2, -0.15) is 0 Å². The summed E-state index contributed by atoms with van der Waals surface area (Å²) < 4.78 is 4.94. The number of ketones is 2. The van der Waals surface area contributed by atoms with Gasteiger partial charge in [-0.15, -0.1) is 0 Å². The van der Waals surface area contributed by atoms with Crippen LogP contribution in [0.4, 0.5) is 5.69 Å². The SMILES string of the molecule is CC(C)N(C)C(=O)COC(=O)c1ccc2c(c1[N+](=O)[O-])C(=O)c1ccccc1C2=O. The summed E-state index contributed by atoms with van der Waals surface area (Å²) in [5.41, 5.74) is -1.75. The summed E-state index contributed by atoms with van der Waals surface area (Å²) in [4.78, 5) is 62.4. The first kappa shape index (κ1) is 20.8. The number of nitro benzene ring substituents is 1. The highest BCUT2D eigenvalue weighted by Gasteiger charge is 2.39. The van der Waals surface area contributed by atoms with Crippen molar-refractivity contribution in [2.45, 2.75) is 19.9 Å². The van der Waals surface area contributed by atoms with E-state index in [-0.39, 0.29) is 22.7 Å². The number of rotatable bonds is 5. The van der Waals surface area contributed by atoms with Gasteiger partial charge in [-0.05, 0) is 26.0 Å². The fourth-order valence-corrected chi connectivity index (χ4v) is 3.12. The lowest BCUT2D eigenvalue weighted by Gasteiger charge is -2.21. The van der Waals surface area contributed by atoms with E-state index in [2.05, 4.69) is 0 Å². The van der Waals surface area contributed by atoms with Crippen molar-refractivity contribution in [3.63, 3.8) is 0 Å². The number of likely N-dealkylation sites (N-methyl/N-ethyl adjacent to an activating group) is 1. The first-order valence-electron chi connectivity index (χ1n) is 9.07. The van der Waals surface area contributed by atoms with Crippen molar-refractivity contribution in [3.8, 4) is 0 Å². The maximum Gasteiger partial charge on any atom is 0.345 e. The number of nitro groups is 1. The van der Waals surface area contributed by atoms with Gasteiger partial charge in [-0.1, -0.05) is 24.3 Å². The van der Waals surface area contributed by atoms with Crippen LogP contribution in [0, 0.1) is 10.1 Å². The van der Waals surface area contributed by atoms with Gasteiger partial charge < -0.3 is 9.64 Å². The molecular weight excluding hydrogens is 392 g/mol. The second kappa shape index (κ2) is 7.86. The van der Waals surface area contributed by atoms with Crippen LogP contribution in [0.15, 0.2) is 36.4 Å². The molecule has 30 heavy (non-hydrogen) atoms. The first-order chi connectivity index (χ1) is 14.1. The molecule has 154 valence electrons. The third-order valence-corrected chi connectivity index (χ3v) is 4.96. The molecule has 9 heteroatoms. The second-order valence-corrected chi connectivity index (χ2v) is 7.02. The van der Waals surface area contributed by atoms with Gasteiger partial charge in [0.25, 0.3) is 11.6 Å². The van der Waals surface area contributed by atoms with Crippen molar-refractivity contribution >= 4 is 29.1 Å². The molecule has 0 heterocycles. The molecule has 0 radical (unpaired) electrons. The fraction of sp³-hybridized carbons (Fsp3) is 0.238. The van der Waals surface area contributed by atoms with Crippen LogP contribution in [0.25, 0.3) is 0 Å². The van der Waals surface area contributed by atoms with E-state index >= 15 is 0 Å². The maximum atomic E-state index is 12.9. The molecular formula is C21H18N2O7. The van der Waals surface area contributed by atoms with Gasteiger partial charge in [0.15, 0.2) is 12.4 Å². The van der Waals surface area contributed by atoms with Gasteiger partial charge in [0.05, 0.1) is 4.92 Å². The van der Waals surface area contributed by atoms with Crippen LogP contribution in [0.5, 0.6) is 0 Å². The molecule has 0 fully saturated rings. The summed E-state index contributed by atoms with van der Waals surface area (Å²) in [6.07, 6.45) is 0. The number of fused-ring (bicyclic) bond motifs is 2. The van der Waals surface area contributed by atoms with E-state index in [0.29, 0.717) is 0 Å². The summed E-state index contributed by atoms with van der Waals surface area (Å²) >= 11 is 0. The van der Waals surface area contributed by atoms with Crippen molar-refractivity contribution in [2.24, 2.45) is 0 Å². The molecule has 0 spiro atoms. The van der Waals surface area contributed by atoms with Crippen molar-refractivity contribution < 1.29 is 28.8 Å². The standard InChI is InChI=1S/C21H18N2O7/c1-11(2)22(3)16(24)10-30-21(27)15-9-8-14-17(18(15)23(28)29)20(26)13-7-5-4-6-12(13)19(14)25/h4-9,11H,10H2,1-3H3. The number of amides is 1. The molecule has 0 aliphatic heterocycles. The maximum absolute atomic E-state index is 12.9. The Morgan fingerprint density at radius 3 is 2.20 bits per heavy atom. The van der Waals surface area contributed by atoms with Gasteiger partial charge >= 0.3 is 5.97 Å². The lowest BCUT2D eigenvalue weighted by molar-refractivity contribution is -0.385. The largest absolute Gasteiger partial charge is 0.452 e. The van der Waals surface area contributed by atoms with Crippen LogP contribution in [0.3, 0.4) is 0 Å². The minimum atomic E-state index is -1.13. The Kier molecular flexibility index (Phi) is 5.46. The van der Waals surface area contributed by atoms with Crippen LogP contribution < -0.4 is 0 Å². The van der Waals surface area contributed by atoms with E-state index in [4.69, 9.17) is 4.74 Å². The Labute approximate surface area is 171 Å². The van der Waals surface area contributed by atoms with Crippen molar-refractivity contribution in [1.29, 1.82) is 0 Å². The lowest BCUT2D eigenvalue weighted by Crippen LogP contribution is -2.36. The molecule has 0 saturated heterocycles. The van der Waals surface area contributed by atoms with E-state index in [9.17, 15) is 29.3 Å². The monoisotopic (exact) mass is 410 g/mol. The summed E-state index contributed by atoms with van der Waals surface area (Å²) in [6.45, 7) is 2.93. The number of esters is 1. The molecule has 0 aromatic heterocycles. The minimum Gasteiger partial charge on any atom is -0.452 e. The van der Waals surface area contributed by atoms with Crippen molar-refractivity contribution in [3.05, 3.63) is 74.3 Å². The number of nitrogens with zero attached hydrogens (tertiary/aromatic N) is 2. The molecule has 1 aliphatic carbocycles. The zero-order valence-electron chi connectivity index (χ0n) is 16.5. The normalized spacial score (nSPS) is 12.3. The number of carbonyl (C=O) groups is 4. The highest BCUT2D eigenvalue weighted by molar-refractivity contribution is 6.30. The molecule has 0 unspecified atom stereocenters.